The lowest BCUT2D eigenvalue weighted by molar-refractivity contribution is -0.187. The molecule has 1 heterocycles. The van der Waals surface area contributed by atoms with Crippen molar-refractivity contribution in [3.05, 3.63) is 34.4 Å². The van der Waals surface area contributed by atoms with E-state index < -0.39 is 23.8 Å². The first-order valence-corrected chi connectivity index (χ1v) is 6.05. The molecule has 1 aliphatic rings. The fourth-order valence-corrected chi connectivity index (χ4v) is 2.20. The van der Waals surface area contributed by atoms with Crippen LogP contribution in [0.15, 0.2) is 17.7 Å². The molecule has 6 heteroatoms. The number of alkyl halides is 3. The van der Waals surface area contributed by atoms with Gasteiger partial charge in [-0.25, -0.2) is 4.79 Å². The SMILES string of the molecule is CCc1cc2c(cc1C)C=C(C(=O)O)C(C(F)(F)F)O2. The average Bonchev–Trinajstić information content (AvgIpc) is 2.35. The van der Waals surface area contributed by atoms with Gasteiger partial charge in [0.2, 0.25) is 6.10 Å². The number of carboxylic acid groups (broad SMARTS) is 1. The topological polar surface area (TPSA) is 46.5 Å². The predicted molar refractivity (Wildman–Crippen MR) is 66.6 cm³/mol. The van der Waals surface area contributed by atoms with Crippen LogP contribution >= 0.6 is 0 Å². The maximum absolute atomic E-state index is 12.9. The van der Waals surface area contributed by atoms with E-state index in [0.29, 0.717) is 12.0 Å². The Morgan fingerprint density at radius 2 is 2.05 bits per heavy atom. The molecule has 0 aromatic heterocycles. The first kappa shape index (κ1) is 14.4. The predicted octanol–water partition coefficient (Wildman–Crippen LogP) is 3.35. The second kappa shape index (κ2) is 4.85. The van der Waals surface area contributed by atoms with E-state index in [-0.39, 0.29) is 5.75 Å². The van der Waals surface area contributed by atoms with Gasteiger partial charge in [0.25, 0.3) is 0 Å². The van der Waals surface area contributed by atoms with Crippen molar-refractivity contribution in [3.63, 3.8) is 0 Å². The lowest BCUT2D eigenvalue weighted by atomic mass is 9.96. The molecule has 1 atom stereocenters. The Morgan fingerprint density at radius 3 is 2.55 bits per heavy atom. The zero-order chi connectivity index (χ0) is 15.1. The first-order chi connectivity index (χ1) is 9.24. The van der Waals surface area contributed by atoms with Crippen LogP contribution in [-0.2, 0) is 11.2 Å². The van der Waals surface area contributed by atoms with E-state index in [1.165, 1.54) is 0 Å². The summed E-state index contributed by atoms with van der Waals surface area (Å²) < 4.78 is 43.5. The quantitative estimate of drug-likeness (QED) is 0.907. The van der Waals surface area contributed by atoms with Gasteiger partial charge in [-0.2, -0.15) is 13.2 Å². The molecular weight excluding hydrogens is 273 g/mol. The van der Waals surface area contributed by atoms with Crippen LogP contribution < -0.4 is 4.74 Å². The second-order valence-corrected chi connectivity index (χ2v) is 4.61. The summed E-state index contributed by atoms with van der Waals surface area (Å²) in [4.78, 5) is 11.0. The Kier molecular flexibility index (Phi) is 3.50. The lowest BCUT2D eigenvalue weighted by Crippen LogP contribution is -2.40. The minimum absolute atomic E-state index is 0.0692. The molecule has 0 fully saturated rings. The van der Waals surface area contributed by atoms with Crippen molar-refractivity contribution in [2.45, 2.75) is 32.5 Å². The van der Waals surface area contributed by atoms with Crippen LogP contribution in [0.1, 0.15) is 23.6 Å². The third-order valence-electron chi connectivity index (χ3n) is 3.23. The number of hydrogen-bond acceptors (Lipinski definition) is 2. The number of halogens is 3. The summed E-state index contributed by atoms with van der Waals surface area (Å²) in [7, 11) is 0. The van der Waals surface area contributed by atoms with Crippen LogP contribution in [0, 0.1) is 6.92 Å². The van der Waals surface area contributed by atoms with Crippen molar-refractivity contribution in [1.29, 1.82) is 0 Å². The Bertz CT molecular complexity index is 588. The summed E-state index contributed by atoms with van der Waals surface area (Å²) in [6.45, 7) is 3.71. The molecule has 0 saturated carbocycles. The fourth-order valence-electron chi connectivity index (χ4n) is 2.20. The van der Waals surface area contributed by atoms with E-state index in [4.69, 9.17) is 9.84 Å². The summed E-state index contributed by atoms with van der Waals surface area (Å²) in [6, 6.07) is 3.18. The van der Waals surface area contributed by atoms with Crippen LogP contribution in [0.3, 0.4) is 0 Å². The fraction of sp³-hybridized carbons (Fsp3) is 0.357. The zero-order valence-corrected chi connectivity index (χ0v) is 10.9. The third kappa shape index (κ3) is 2.50. The normalized spacial score (nSPS) is 18.1. The molecule has 20 heavy (non-hydrogen) atoms. The number of ether oxygens (including phenoxy) is 1. The number of aliphatic carboxylic acids is 1. The van der Waals surface area contributed by atoms with Crippen LogP contribution in [0.2, 0.25) is 0 Å². The van der Waals surface area contributed by atoms with Gasteiger partial charge in [-0.3, -0.25) is 0 Å². The van der Waals surface area contributed by atoms with Gasteiger partial charge in [-0.1, -0.05) is 6.92 Å². The molecule has 1 N–H and O–H groups in total. The molecule has 1 unspecified atom stereocenters. The summed E-state index contributed by atoms with van der Waals surface area (Å²) >= 11 is 0. The van der Waals surface area contributed by atoms with Crippen molar-refractivity contribution in [2.75, 3.05) is 0 Å². The van der Waals surface area contributed by atoms with Gasteiger partial charge in [0.05, 0.1) is 5.57 Å². The number of benzene rings is 1. The molecule has 1 aliphatic heterocycles. The van der Waals surface area contributed by atoms with Gasteiger partial charge in [0.15, 0.2) is 0 Å². The van der Waals surface area contributed by atoms with E-state index in [1.807, 2.05) is 13.8 Å². The van der Waals surface area contributed by atoms with Crippen molar-refractivity contribution >= 4 is 12.0 Å². The Labute approximate surface area is 113 Å². The molecular formula is C14H13F3O3. The molecule has 0 aliphatic carbocycles. The van der Waals surface area contributed by atoms with Crippen molar-refractivity contribution < 1.29 is 27.8 Å². The summed E-state index contributed by atoms with van der Waals surface area (Å²) in [5.41, 5.74) is 1.32. The molecule has 2 rings (SSSR count). The highest BCUT2D eigenvalue weighted by Gasteiger charge is 2.48. The number of fused-ring (bicyclic) bond motifs is 1. The van der Waals surface area contributed by atoms with E-state index in [2.05, 4.69) is 0 Å². The largest absolute Gasteiger partial charge is 0.478 e. The van der Waals surface area contributed by atoms with Crippen molar-refractivity contribution in [3.8, 4) is 5.75 Å². The van der Waals surface area contributed by atoms with E-state index >= 15 is 0 Å². The molecule has 0 bridgehead atoms. The van der Waals surface area contributed by atoms with Gasteiger partial charge in [0, 0.05) is 5.56 Å². The molecule has 0 radical (unpaired) electrons. The first-order valence-electron chi connectivity index (χ1n) is 6.05. The average molecular weight is 286 g/mol. The van der Waals surface area contributed by atoms with Gasteiger partial charge < -0.3 is 9.84 Å². The van der Waals surface area contributed by atoms with Crippen LogP contribution in [0.5, 0.6) is 5.75 Å². The van der Waals surface area contributed by atoms with Gasteiger partial charge in [-0.15, -0.1) is 0 Å². The van der Waals surface area contributed by atoms with Crippen LogP contribution in [-0.4, -0.2) is 23.4 Å². The maximum Gasteiger partial charge on any atom is 0.430 e. The van der Waals surface area contributed by atoms with Gasteiger partial charge >= 0.3 is 12.1 Å². The van der Waals surface area contributed by atoms with Crippen molar-refractivity contribution in [1.82, 2.24) is 0 Å². The molecule has 0 saturated heterocycles. The van der Waals surface area contributed by atoms with Gasteiger partial charge in [-0.05, 0) is 42.7 Å². The van der Waals surface area contributed by atoms with Crippen LogP contribution in [0.4, 0.5) is 13.2 Å². The number of carbonyl (C=O) groups is 1. The summed E-state index contributed by atoms with van der Waals surface area (Å²) in [5, 5.41) is 8.92. The highest BCUT2D eigenvalue weighted by Crippen LogP contribution is 2.38. The molecule has 108 valence electrons. The second-order valence-electron chi connectivity index (χ2n) is 4.61. The molecule has 0 amide bonds. The molecule has 0 spiro atoms. The van der Waals surface area contributed by atoms with E-state index in [0.717, 1.165) is 17.2 Å². The Balaban J connectivity index is 2.57. The Morgan fingerprint density at radius 1 is 1.40 bits per heavy atom. The zero-order valence-electron chi connectivity index (χ0n) is 10.9. The Hall–Kier alpha value is -1.98. The van der Waals surface area contributed by atoms with E-state index in [1.54, 1.807) is 12.1 Å². The summed E-state index contributed by atoms with van der Waals surface area (Å²) in [5.74, 6) is -1.56. The lowest BCUT2D eigenvalue weighted by Gasteiger charge is -2.27. The van der Waals surface area contributed by atoms with E-state index in [9.17, 15) is 18.0 Å². The number of carboxylic acids is 1. The number of aryl methyl sites for hydroxylation is 2. The minimum atomic E-state index is -4.76. The number of rotatable bonds is 2. The van der Waals surface area contributed by atoms with Crippen LogP contribution in [0.25, 0.3) is 6.08 Å². The molecule has 1 aromatic carbocycles. The monoisotopic (exact) mass is 286 g/mol. The molecule has 1 aromatic rings. The smallest absolute Gasteiger partial charge is 0.430 e. The van der Waals surface area contributed by atoms with Crippen molar-refractivity contribution in [2.24, 2.45) is 0 Å². The third-order valence-corrected chi connectivity index (χ3v) is 3.23. The highest BCUT2D eigenvalue weighted by molar-refractivity contribution is 5.95. The molecule has 3 nitrogen and oxygen atoms in total. The maximum atomic E-state index is 12.9. The standard InChI is InChI=1S/C14H13F3O3/c1-3-8-6-11-9(4-7(8)2)5-10(13(18)19)12(20-11)14(15,16)17/h4-6,12H,3H2,1-2H3,(H,18,19). The summed E-state index contributed by atoms with van der Waals surface area (Å²) in [6.07, 6.45) is -5.50. The van der Waals surface area contributed by atoms with Gasteiger partial charge in [0.1, 0.15) is 5.75 Å². The highest BCUT2D eigenvalue weighted by atomic mass is 19.4. The number of hydrogen-bond donors (Lipinski definition) is 1. The minimum Gasteiger partial charge on any atom is -0.478 e.